The van der Waals surface area contributed by atoms with Gasteiger partial charge in [0, 0.05) is 74.5 Å². The average molecular weight is 563 g/mol. The maximum absolute atomic E-state index is 6.12. The number of halogens is 2. The summed E-state index contributed by atoms with van der Waals surface area (Å²) in [5, 5.41) is 8.75. The van der Waals surface area contributed by atoms with E-state index >= 15 is 0 Å². The second kappa shape index (κ2) is 13.3. The van der Waals surface area contributed by atoms with E-state index in [1.165, 1.54) is 15.6 Å². The molecule has 1 aliphatic rings. The van der Waals surface area contributed by atoms with Gasteiger partial charge in [-0.15, -0.1) is 35.3 Å². The Bertz CT molecular complexity index is 791. The zero-order valence-corrected chi connectivity index (χ0v) is 21.6. The smallest absolute Gasteiger partial charge is 0.190 e. The molecule has 0 radical (unpaired) electrons. The van der Waals surface area contributed by atoms with E-state index in [1.54, 1.807) is 11.3 Å². The van der Waals surface area contributed by atoms with E-state index in [-0.39, 0.29) is 24.0 Å². The Hall–Kier alpha value is -1.10. The Morgan fingerprint density at radius 3 is 2.63 bits per heavy atom. The number of hydrogen-bond acceptors (Lipinski definition) is 5. The first-order chi connectivity index (χ1) is 14.1. The summed E-state index contributed by atoms with van der Waals surface area (Å²) in [5.41, 5.74) is 1.22. The van der Waals surface area contributed by atoms with E-state index in [2.05, 4.69) is 49.5 Å². The molecule has 2 heterocycles. The molecular weight excluding hydrogens is 531 g/mol. The fourth-order valence-corrected chi connectivity index (χ4v) is 4.41. The third-order valence-electron chi connectivity index (χ3n) is 5.01. The highest BCUT2D eigenvalue weighted by Crippen LogP contribution is 2.20. The summed E-state index contributed by atoms with van der Waals surface area (Å²) in [5.74, 6) is 0.865. The van der Waals surface area contributed by atoms with Crippen LogP contribution in [0.1, 0.15) is 16.3 Å². The second-order valence-electron chi connectivity index (χ2n) is 7.20. The molecule has 166 valence electrons. The minimum absolute atomic E-state index is 0. The highest BCUT2D eigenvalue weighted by molar-refractivity contribution is 14.0. The first kappa shape index (κ1) is 25.2. The molecule has 0 atom stereocenters. The zero-order chi connectivity index (χ0) is 20.5. The Morgan fingerprint density at radius 1 is 1.20 bits per heavy atom. The molecule has 0 unspecified atom stereocenters. The maximum Gasteiger partial charge on any atom is 0.190 e. The third kappa shape index (κ3) is 8.20. The minimum Gasteiger partial charge on any atom is -0.369 e. The Balaban J connectivity index is 0.00000320. The number of nitrogens with zero attached hydrogens (tertiary/aromatic N) is 4. The molecule has 1 aliphatic heterocycles. The van der Waals surface area contributed by atoms with Crippen molar-refractivity contribution in [3.05, 3.63) is 45.4 Å². The number of anilines is 1. The summed E-state index contributed by atoms with van der Waals surface area (Å²) in [7, 11) is 1.82. The predicted octanol–water partition coefficient (Wildman–Crippen LogP) is 3.64. The molecule has 0 amide bonds. The van der Waals surface area contributed by atoms with Gasteiger partial charge in [0.05, 0.1) is 5.01 Å². The van der Waals surface area contributed by atoms with Crippen LogP contribution in [0.4, 0.5) is 5.69 Å². The number of benzene rings is 1. The summed E-state index contributed by atoms with van der Waals surface area (Å²) in [4.78, 5) is 14.9. The molecule has 1 aromatic carbocycles. The molecule has 6 nitrogen and oxygen atoms in total. The second-order valence-corrected chi connectivity index (χ2v) is 8.96. The fraction of sp³-hybridized carbons (Fsp3) is 0.524. The number of aromatic nitrogens is 1. The van der Waals surface area contributed by atoms with Crippen LogP contribution in [0.25, 0.3) is 0 Å². The van der Waals surface area contributed by atoms with Crippen molar-refractivity contribution in [2.75, 3.05) is 57.8 Å². The number of rotatable bonds is 8. The first-order valence-corrected chi connectivity index (χ1v) is 11.4. The number of piperazine rings is 1. The normalized spacial score (nSPS) is 15.0. The zero-order valence-electron chi connectivity index (χ0n) is 17.7. The lowest BCUT2D eigenvalue weighted by Gasteiger charge is -2.36. The van der Waals surface area contributed by atoms with Crippen LogP contribution in [0.5, 0.6) is 0 Å². The number of aliphatic imine (C=N–C) groups is 1. The van der Waals surface area contributed by atoms with Crippen molar-refractivity contribution >= 4 is 58.6 Å². The van der Waals surface area contributed by atoms with Gasteiger partial charge >= 0.3 is 0 Å². The summed E-state index contributed by atoms with van der Waals surface area (Å²) in [6, 6.07) is 8.14. The van der Waals surface area contributed by atoms with Gasteiger partial charge in [0.1, 0.15) is 0 Å². The first-order valence-electron chi connectivity index (χ1n) is 10.2. The van der Waals surface area contributed by atoms with Crippen LogP contribution in [-0.2, 0) is 6.42 Å². The van der Waals surface area contributed by atoms with E-state index in [0.717, 1.165) is 69.6 Å². The van der Waals surface area contributed by atoms with E-state index in [9.17, 15) is 0 Å². The Morgan fingerprint density at radius 2 is 1.97 bits per heavy atom. The molecule has 0 spiro atoms. The monoisotopic (exact) mass is 562 g/mol. The van der Waals surface area contributed by atoms with Crippen molar-refractivity contribution in [3.8, 4) is 0 Å². The van der Waals surface area contributed by atoms with Gasteiger partial charge in [-0.1, -0.05) is 17.7 Å². The van der Waals surface area contributed by atoms with Gasteiger partial charge in [0.25, 0.3) is 0 Å². The lowest BCUT2D eigenvalue weighted by Crippen LogP contribution is -2.47. The SMILES string of the molecule is CN=C(NCCCN1CCN(c2cccc(Cl)c2)CC1)NCCc1ncc(C)s1.I. The van der Waals surface area contributed by atoms with Gasteiger partial charge in [0.15, 0.2) is 5.96 Å². The van der Waals surface area contributed by atoms with Gasteiger partial charge in [0.2, 0.25) is 0 Å². The van der Waals surface area contributed by atoms with E-state index in [0.29, 0.717) is 0 Å². The molecule has 2 N–H and O–H groups in total. The molecule has 0 bridgehead atoms. The van der Waals surface area contributed by atoms with Gasteiger partial charge in [-0.25, -0.2) is 4.98 Å². The van der Waals surface area contributed by atoms with Crippen LogP contribution >= 0.6 is 46.9 Å². The number of hydrogen-bond donors (Lipinski definition) is 2. The van der Waals surface area contributed by atoms with Crippen LogP contribution in [0.15, 0.2) is 35.5 Å². The molecule has 30 heavy (non-hydrogen) atoms. The molecule has 9 heteroatoms. The summed E-state index contributed by atoms with van der Waals surface area (Å²) < 4.78 is 0. The van der Waals surface area contributed by atoms with E-state index in [1.807, 2.05) is 25.4 Å². The van der Waals surface area contributed by atoms with Crippen molar-refractivity contribution in [3.63, 3.8) is 0 Å². The molecule has 0 saturated carbocycles. The van der Waals surface area contributed by atoms with Gasteiger partial charge in [-0.05, 0) is 38.1 Å². The van der Waals surface area contributed by atoms with Crippen molar-refractivity contribution in [1.29, 1.82) is 0 Å². The molecule has 2 aromatic rings. The Kier molecular flexibility index (Phi) is 11.2. The number of thiazole rings is 1. The van der Waals surface area contributed by atoms with Gasteiger partial charge < -0.3 is 15.5 Å². The van der Waals surface area contributed by atoms with Crippen molar-refractivity contribution in [2.24, 2.45) is 4.99 Å². The molecule has 3 rings (SSSR count). The van der Waals surface area contributed by atoms with Crippen LogP contribution in [0.2, 0.25) is 5.02 Å². The van der Waals surface area contributed by atoms with Gasteiger partial charge in [-0.3, -0.25) is 9.89 Å². The number of aryl methyl sites for hydroxylation is 1. The lowest BCUT2D eigenvalue weighted by molar-refractivity contribution is 0.255. The summed E-state index contributed by atoms with van der Waals surface area (Å²) >= 11 is 7.87. The Labute approximate surface area is 206 Å². The molecule has 1 fully saturated rings. The van der Waals surface area contributed by atoms with Crippen LogP contribution in [-0.4, -0.2) is 68.7 Å². The molecule has 1 aromatic heterocycles. The molecular formula is C21H32ClIN6S. The maximum atomic E-state index is 6.12. The van der Waals surface area contributed by atoms with Crippen molar-refractivity contribution in [1.82, 2.24) is 20.5 Å². The number of nitrogens with one attached hydrogen (secondary N) is 2. The highest BCUT2D eigenvalue weighted by atomic mass is 127. The van der Waals surface area contributed by atoms with Crippen molar-refractivity contribution < 1.29 is 0 Å². The van der Waals surface area contributed by atoms with E-state index in [4.69, 9.17) is 11.6 Å². The van der Waals surface area contributed by atoms with Crippen LogP contribution in [0, 0.1) is 6.92 Å². The van der Waals surface area contributed by atoms with Crippen LogP contribution < -0.4 is 15.5 Å². The quantitative estimate of drug-likeness (QED) is 0.223. The third-order valence-corrected chi connectivity index (χ3v) is 6.22. The standard InChI is InChI=1S/C21H31ClN6S.HI/c1-17-16-26-20(29-17)7-9-25-21(23-2)24-8-4-10-27-11-13-28(14-12-27)19-6-3-5-18(22)15-19;/h3,5-6,15-16H,4,7-14H2,1-2H3,(H2,23,24,25);1H. The fourth-order valence-electron chi connectivity index (χ4n) is 3.44. The summed E-state index contributed by atoms with van der Waals surface area (Å²) in [6.45, 7) is 9.24. The van der Waals surface area contributed by atoms with E-state index < -0.39 is 0 Å². The largest absolute Gasteiger partial charge is 0.369 e. The average Bonchev–Trinajstić information content (AvgIpc) is 3.15. The topological polar surface area (TPSA) is 55.8 Å². The van der Waals surface area contributed by atoms with Crippen molar-refractivity contribution in [2.45, 2.75) is 19.8 Å². The molecule has 0 aliphatic carbocycles. The molecule has 1 saturated heterocycles. The van der Waals surface area contributed by atoms with Gasteiger partial charge in [-0.2, -0.15) is 0 Å². The number of guanidine groups is 1. The minimum atomic E-state index is 0. The lowest BCUT2D eigenvalue weighted by atomic mass is 10.2. The predicted molar refractivity (Wildman–Crippen MR) is 140 cm³/mol. The highest BCUT2D eigenvalue weighted by Gasteiger charge is 2.16. The van der Waals surface area contributed by atoms with Crippen LogP contribution in [0.3, 0.4) is 0 Å². The summed E-state index contributed by atoms with van der Waals surface area (Å²) in [6.07, 6.45) is 3.96.